The van der Waals surface area contributed by atoms with Crippen molar-refractivity contribution in [2.24, 2.45) is 0 Å². The lowest BCUT2D eigenvalue weighted by Gasteiger charge is -2.07. The van der Waals surface area contributed by atoms with E-state index in [2.05, 4.69) is 20.3 Å². The minimum atomic E-state index is -0.336. The zero-order valence-electron chi connectivity index (χ0n) is 16.7. The van der Waals surface area contributed by atoms with E-state index in [-0.39, 0.29) is 11.5 Å². The smallest absolute Gasteiger partial charge is 0.267 e. The number of benzene rings is 1. The van der Waals surface area contributed by atoms with Gasteiger partial charge in [0, 0.05) is 16.0 Å². The normalized spacial score (nSPS) is 11.4. The molecule has 3 heterocycles. The second-order valence-electron chi connectivity index (χ2n) is 7.10. The van der Waals surface area contributed by atoms with Crippen LogP contribution in [0.1, 0.15) is 21.1 Å². The summed E-state index contributed by atoms with van der Waals surface area (Å²) in [6.07, 6.45) is 0. The van der Waals surface area contributed by atoms with Crippen molar-refractivity contribution in [3.8, 4) is 11.3 Å². The van der Waals surface area contributed by atoms with Crippen LogP contribution in [0.5, 0.6) is 0 Å². The minimum absolute atomic E-state index is 0.247. The number of thiophene rings is 1. The number of hydrogen-bond donors (Lipinski definition) is 2. The van der Waals surface area contributed by atoms with E-state index in [4.69, 9.17) is 23.2 Å². The molecule has 0 bridgehead atoms. The molecule has 0 unspecified atom stereocenters. The first-order valence-corrected chi connectivity index (χ1v) is 11.6. The van der Waals surface area contributed by atoms with E-state index < -0.39 is 0 Å². The summed E-state index contributed by atoms with van der Waals surface area (Å²) in [5.41, 5.74) is 1.72. The molecule has 0 aliphatic carbocycles. The first-order valence-electron chi connectivity index (χ1n) is 9.12. The van der Waals surface area contributed by atoms with Gasteiger partial charge < -0.3 is 9.88 Å². The van der Waals surface area contributed by atoms with Gasteiger partial charge in [-0.1, -0.05) is 23.2 Å². The molecule has 0 spiro atoms. The largest absolute Gasteiger partial charge is 0.309 e. The first kappa shape index (κ1) is 21.9. The Balaban J connectivity index is 1.62. The van der Waals surface area contributed by atoms with Crippen LogP contribution < -0.4 is 10.9 Å². The maximum absolute atomic E-state index is 12.9. The molecule has 31 heavy (non-hydrogen) atoms. The highest BCUT2D eigenvalue weighted by molar-refractivity contribution is 7.21. The van der Waals surface area contributed by atoms with Crippen LogP contribution >= 0.6 is 45.9 Å². The summed E-state index contributed by atoms with van der Waals surface area (Å²) >= 11 is 14.7. The topological polar surface area (TPSA) is 91.0 Å². The molecule has 0 atom stereocenters. The molecule has 160 valence electrons. The van der Waals surface area contributed by atoms with Crippen LogP contribution in [0.15, 0.2) is 28.4 Å². The highest BCUT2D eigenvalue weighted by Crippen LogP contribution is 2.33. The summed E-state index contributed by atoms with van der Waals surface area (Å²) in [5, 5.41) is 6.50. The van der Waals surface area contributed by atoms with E-state index >= 15 is 0 Å². The number of aromatic amines is 1. The molecule has 11 heteroatoms. The van der Waals surface area contributed by atoms with Crippen LogP contribution in [0.4, 0.5) is 5.13 Å². The van der Waals surface area contributed by atoms with E-state index in [9.17, 15) is 9.59 Å². The quantitative estimate of drug-likeness (QED) is 0.406. The molecule has 0 fully saturated rings. The van der Waals surface area contributed by atoms with Gasteiger partial charge in [0.2, 0.25) is 0 Å². The molecule has 0 aliphatic rings. The number of anilines is 1. The molecule has 4 aromatic rings. The second-order valence-corrected chi connectivity index (χ2v) is 9.80. The van der Waals surface area contributed by atoms with Crippen molar-refractivity contribution in [2.75, 3.05) is 19.4 Å². The second kappa shape index (κ2) is 8.68. The third-order valence-electron chi connectivity index (χ3n) is 4.45. The number of carbonyl (C=O) groups excluding carboxylic acids is 1. The number of halogens is 2. The van der Waals surface area contributed by atoms with Crippen LogP contribution in [0, 0.1) is 6.92 Å². The Morgan fingerprint density at radius 3 is 2.74 bits per heavy atom. The standard InChI is InChI=1S/C20H17Cl2N5O2S2/c1-9-15-17(28)24-14(7-27(2)3)25-19(15)31-16(9)18(29)26-20-23-13(8-30-20)11-5-4-10(21)6-12(11)22/h4-6,8H,7H2,1-3H3,(H,23,26,29)(H,24,25,28). The van der Waals surface area contributed by atoms with Crippen molar-refractivity contribution in [1.82, 2.24) is 19.9 Å². The zero-order chi connectivity index (χ0) is 22.3. The van der Waals surface area contributed by atoms with Crippen LogP contribution in [-0.4, -0.2) is 39.9 Å². The van der Waals surface area contributed by atoms with Gasteiger partial charge in [0.25, 0.3) is 11.5 Å². The number of nitrogens with one attached hydrogen (secondary N) is 2. The van der Waals surface area contributed by atoms with Crippen LogP contribution in [-0.2, 0) is 6.54 Å². The zero-order valence-corrected chi connectivity index (χ0v) is 19.9. The molecule has 0 saturated heterocycles. The molecule has 3 aromatic heterocycles. The number of thiazole rings is 1. The lowest BCUT2D eigenvalue weighted by atomic mass is 10.2. The Labute approximate surface area is 195 Å². The Kier molecular flexibility index (Phi) is 6.14. The van der Waals surface area contributed by atoms with Crippen LogP contribution in [0.25, 0.3) is 21.5 Å². The van der Waals surface area contributed by atoms with Crippen molar-refractivity contribution < 1.29 is 4.79 Å². The van der Waals surface area contributed by atoms with Crippen LogP contribution in [0.2, 0.25) is 10.0 Å². The van der Waals surface area contributed by atoms with Gasteiger partial charge in [-0.25, -0.2) is 9.97 Å². The molecular weight excluding hydrogens is 477 g/mol. The van der Waals surface area contributed by atoms with E-state index in [1.165, 1.54) is 22.7 Å². The molecule has 2 N–H and O–H groups in total. The lowest BCUT2D eigenvalue weighted by Crippen LogP contribution is -2.18. The van der Waals surface area contributed by atoms with Crippen molar-refractivity contribution in [1.29, 1.82) is 0 Å². The molecule has 0 radical (unpaired) electrons. The average Bonchev–Trinajstić information content (AvgIpc) is 3.26. The Morgan fingerprint density at radius 2 is 2.03 bits per heavy atom. The Bertz CT molecular complexity index is 1360. The number of nitrogens with zero attached hydrogens (tertiary/aromatic N) is 3. The average molecular weight is 494 g/mol. The number of H-pyrrole nitrogens is 1. The van der Waals surface area contributed by atoms with Gasteiger partial charge in [-0.2, -0.15) is 0 Å². The van der Waals surface area contributed by atoms with E-state index in [1.807, 2.05) is 24.4 Å². The van der Waals surface area contributed by atoms with Gasteiger partial charge in [0.15, 0.2) is 5.13 Å². The predicted molar refractivity (Wildman–Crippen MR) is 128 cm³/mol. The van der Waals surface area contributed by atoms with Crippen molar-refractivity contribution in [3.63, 3.8) is 0 Å². The fraction of sp³-hybridized carbons (Fsp3) is 0.200. The molecule has 7 nitrogen and oxygen atoms in total. The summed E-state index contributed by atoms with van der Waals surface area (Å²) in [7, 11) is 3.78. The van der Waals surface area contributed by atoms with E-state index in [1.54, 1.807) is 25.1 Å². The van der Waals surface area contributed by atoms with Crippen molar-refractivity contribution >= 4 is 67.1 Å². The molecule has 1 amide bonds. The predicted octanol–water partition coefficient (Wildman–Crippen LogP) is 5.04. The highest BCUT2D eigenvalue weighted by Gasteiger charge is 2.20. The Morgan fingerprint density at radius 1 is 1.26 bits per heavy atom. The fourth-order valence-electron chi connectivity index (χ4n) is 3.09. The number of amides is 1. The maximum atomic E-state index is 12.9. The summed E-state index contributed by atoms with van der Waals surface area (Å²) < 4.78 is 0. The molecule has 0 aliphatic heterocycles. The summed E-state index contributed by atoms with van der Waals surface area (Å²) in [4.78, 5) is 40.1. The van der Waals surface area contributed by atoms with Gasteiger partial charge in [0.1, 0.15) is 10.7 Å². The monoisotopic (exact) mass is 493 g/mol. The minimum Gasteiger partial charge on any atom is -0.309 e. The number of rotatable bonds is 5. The van der Waals surface area contributed by atoms with Gasteiger partial charge in [0.05, 0.1) is 27.5 Å². The molecule has 1 aromatic carbocycles. The first-order chi connectivity index (χ1) is 14.7. The van der Waals surface area contributed by atoms with Crippen LogP contribution in [0.3, 0.4) is 0 Å². The maximum Gasteiger partial charge on any atom is 0.267 e. The summed E-state index contributed by atoms with van der Waals surface area (Å²) in [6.45, 7) is 2.25. The third kappa shape index (κ3) is 4.51. The third-order valence-corrected chi connectivity index (χ3v) is 6.94. The van der Waals surface area contributed by atoms with Gasteiger partial charge in [-0.15, -0.1) is 22.7 Å². The number of aromatic nitrogens is 3. The Hall–Kier alpha value is -2.30. The van der Waals surface area contributed by atoms with E-state index in [0.717, 1.165) is 5.56 Å². The SMILES string of the molecule is Cc1c(C(=O)Nc2nc(-c3ccc(Cl)cc3Cl)cs2)sc2nc(CN(C)C)[nH]c(=O)c12. The molecular formula is C20H17Cl2N5O2S2. The molecule has 0 saturated carbocycles. The van der Waals surface area contributed by atoms with E-state index in [0.29, 0.717) is 53.9 Å². The fourth-order valence-corrected chi connectivity index (χ4v) is 5.39. The number of aryl methyl sites for hydroxylation is 1. The van der Waals surface area contributed by atoms with Gasteiger partial charge in [-0.3, -0.25) is 14.9 Å². The van der Waals surface area contributed by atoms with Crippen molar-refractivity contribution in [2.45, 2.75) is 13.5 Å². The summed E-state index contributed by atoms with van der Waals surface area (Å²) in [5.74, 6) is 0.220. The van der Waals surface area contributed by atoms with Crippen molar-refractivity contribution in [3.05, 3.63) is 60.2 Å². The highest BCUT2D eigenvalue weighted by atomic mass is 35.5. The molecule has 4 rings (SSSR count). The number of carbonyl (C=O) groups is 1. The number of fused-ring (bicyclic) bond motifs is 1. The summed E-state index contributed by atoms with van der Waals surface area (Å²) in [6, 6.07) is 5.16. The van der Waals surface area contributed by atoms with Gasteiger partial charge >= 0.3 is 0 Å². The van der Waals surface area contributed by atoms with Gasteiger partial charge in [-0.05, 0) is 44.8 Å². The lowest BCUT2D eigenvalue weighted by molar-refractivity contribution is 0.103. The number of hydrogen-bond acceptors (Lipinski definition) is 7.